The van der Waals surface area contributed by atoms with Crippen LogP contribution in [0.3, 0.4) is 0 Å². The van der Waals surface area contributed by atoms with E-state index in [9.17, 15) is 5.11 Å². The van der Waals surface area contributed by atoms with Gasteiger partial charge in [0, 0.05) is 6.61 Å². The molecular weight excluding hydrogens is 256 g/mol. The molecule has 0 aliphatic heterocycles. The van der Waals surface area contributed by atoms with Gasteiger partial charge in [0.2, 0.25) is 0 Å². The summed E-state index contributed by atoms with van der Waals surface area (Å²) >= 11 is 0. The molecule has 1 heteroatoms. The van der Waals surface area contributed by atoms with Gasteiger partial charge in [-0.15, -0.1) is 0 Å². The van der Waals surface area contributed by atoms with Crippen molar-refractivity contribution in [3.8, 4) is 0 Å². The number of hydrogen-bond donors (Lipinski definition) is 1. The second-order valence-electron chi connectivity index (χ2n) is 9.21. The fourth-order valence-electron chi connectivity index (χ4n) is 5.99. The lowest BCUT2D eigenvalue weighted by Crippen LogP contribution is -2.46. The summed E-state index contributed by atoms with van der Waals surface area (Å²) in [6, 6.07) is 0. The SMILES string of the molecule is CC(C)CCC[C@@H](C)[C@H]1CCC2[C@](C)(CO)CCC[C@@]21C. The summed E-state index contributed by atoms with van der Waals surface area (Å²) in [4.78, 5) is 0. The third-order valence-electron chi connectivity index (χ3n) is 7.20. The first-order chi connectivity index (χ1) is 9.83. The lowest BCUT2D eigenvalue weighted by Gasteiger charge is -2.51. The Morgan fingerprint density at radius 1 is 1.05 bits per heavy atom. The molecule has 0 spiro atoms. The average molecular weight is 295 g/mol. The molecule has 0 saturated heterocycles. The topological polar surface area (TPSA) is 20.2 Å². The average Bonchev–Trinajstić information content (AvgIpc) is 2.77. The fraction of sp³-hybridized carbons (Fsp3) is 1.00. The van der Waals surface area contributed by atoms with Crippen molar-refractivity contribution in [3.05, 3.63) is 0 Å². The zero-order chi connectivity index (χ0) is 15.7. The summed E-state index contributed by atoms with van der Waals surface area (Å²) in [5, 5.41) is 9.94. The minimum atomic E-state index is 0.194. The van der Waals surface area contributed by atoms with E-state index < -0.39 is 0 Å². The smallest absolute Gasteiger partial charge is 0.0487 e. The molecule has 2 aliphatic rings. The lowest BCUT2D eigenvalue weighted by molar-refractivity contribution is -0.0518. The molecular formula is C20H38O. The normalized spacial score (nSPS) is 41.3. The van der Waals surface area contributed by atoms with Gasteiger partial charge in [-0.05, 0) is 60.2 Å². The van der Waals surface area contributed by atoms with Gasteiger partial charge in [0.25, 0.3) is 0 Å². The number of hydrogen-bond acceptors (Lipinski definition) is 1. The standard InChI is InChI=1S/C20H38O/c1-15(2)8-6-9-16(3)17-10-11-18-19(4,14-21)12-7-13-20(17,18)5/h15-18,21H,6-14H2,1-5H3/t16-,17-,18?,19+,20-/m1/s1. The molecule has 2 saturated carbocycles. The predicted octanol–water partition coefficient (Wildman–Crippen LogP) is 5.66. The van der Waals surface area contributed by atoms with Gasteiger partial charge in [-0.1, -0.05) is 60.3 Å². The quantitative estimate of drug-likeness (QED) is 0.669. The molecule has 2 aliphatic carbocycles. The Morgan fingerprint density at radius 3 is 2.38 bits per heavy atom. The van der Waals surface area contributed by atoms with Crippen LogP contribution in [0.25, 0.3) is 0 Å². The Hall–Kier alpha value is -0.0400. The predicted molar refractivity (Wildman–Crippen MR) is 91.2 cm³/mol. The molecule has 2 fully saturated rings. The van der Waals surface area contributed by atoms with Crippen molar-refractivity contribution in [1.82, 2.24) is 0 Å². The highest BCUT2D eigenvalue weighted by atomic mass is 16.3. The van der Waals surface area contributed by atoms with Crippen LogP contribution in [0.2, 0.25) is 0 Å². The van der Waals surface area contributed by atoms with E-state index in [1.54, 1.807) is 0 Å². The maximum atomic E-state index is 9.94. The minimum absolute atomic E-state index is 0.194. The summed E-state index contributed by atoms with van der Waals surface area (Å²) in [6.07, 6.45) is 10.9. The van der Waals surface area contributed by atoms with Crippen molar-refractivity contribution in [3.63, 3.8) is 0 Å². The van der Waals surface area contributed by atoms with Gasteiger partial charge in [0.05, 0.1) is 0 Å². The van der Waals surface area contributed by atoms with E-state index in [4.69, 9.17) is 0 Å². The Labute approximate surface area is 132 Å². The van der Waals surface area contributed by atoms with E-state index in [1.165, 1.54) is 51.4 Å². The summed E-state index contributed by atoms with van der Waals surface area (Å²) in [6.45, 7) is 12.5. The maximum absolute atomic E-state index is 9.94. The van der Waals surface area contributed by atoms with Crippen LogP contribution in [0.1, 0.15) is 86.0 Å². The molecule has 1 nitrogen and oxygen atoms in total. The van der Waals surface area contributed by atoms with Crippen molar-refractivity contribution < 1.29 is 5.11 Å². The third kappa shape index (κ3) is 3.33. The Kier molecular flexibility index (Phi) is 5.45. The van der Waals surface area contributed by atoms with Crippen LogP contribution in [0.4, 0.5) is 0 Å². The summed E-state index contributed by atoms with van der Waals surface area (Å²) in [7, 11) is 0. The molecule has 0 aromatic heterocycles. The van der Waals surface area contributed by atoms with Crippen molar-refractivity contribution in [2.45, 2.75) is 86.0 Å². The van der Waals surface area contributed by atoms with E-state index in [1.807, 2.05) is 0 Å². The first kappa shape index (κ1) is 17.3. The first-order valence-corrected chi connectivity index (χ1v) is 9.44. The lowest BCUT2D eigenvalue weighted by atomic mass is 9.54. The van der Waals surface area contributed by atoms with Crippen LogP contribution in [0, 0.1) is 34.5 Å². The van der Waals surface area contributed by atoms with Crippen LogP contribution < -0.4 is 0 Å². The molecule has 0 heterocycles. The van der Waals surface area contributed by atoms with Crippen molar-refractivity contribution >= 4 is 0 Å². The molecule has 0 bridgehead atoms. The van der Waals surface area contributed by atoms with E-state index in [-0.39, 0.29) is 5.41 Å². The molecule has 5 atom stereocenters. The number of aliphatic hydroxyl groups is 1. The second kappa shape index (κ2) is 6.60. The molecule has 0 aromatic rings. The third-order valence-corrected chi connectivity index (χ3v) is 7.20. The maximum Gasteiger partial charge on any atom is 0.0487 e. The highest BCUT2D eigenvalue weighted by Gasteiger charge is 2.56. The van der Waals surface area contributed by atoms with E-state index >= 15 is 0 Å². The molecule has 21 heavy (non-hydrogen) atoms. The van der Waals surface area contributed by atoms with E-state index in [2.05, 4.69) is 34.6 Å². The molecule has 1 N–H and O–H groups in total. The molecule has 124 valence electrons. The minimum Gasteiger partial charge on any atom is -0.396 e. The summed E-state index contributed by atoms with van der Waals surface area (Å²) < 4.78 is 0. The Balaban J connectivity index is 2.02. The Morgan fingerprint density at radius 2 is 1.76 bits per heavy atom. The van der Waals surface area contributed by atoms with E-state index in [0.29, 0.717) is 12.0 Å². The Bertz CT molecular complexity index is 337. The van der Waals surface area contributed by atoms with Crippen LogP contribution >= 0.6 is 0 Å². The van der Waals surface area contributed by atoms with E-state index in [0.717, 1.165) is 23.7 Å². The van der Waals surface area contributed by atoms with Gasteiger partial charge in [0.1, 0.15) is 0 Å². The van der Waals surface area contributed by atoms with Gasteiger partial charge >= 0.3 is 0 Å². The summed E-state index contributed by atoms with van der Waals surface area (Å²) in [5.74, 6) is 3.35. The van der Waals surface area contributed by atoms with Crippen molar-refractivity contribution in [1.29, 1.82) is 0 Å². The molecule has 1 unspecified atom stereocenters. The highest BCUT2D eigenvalue weighted by Crippen LogP contribution is 2.63. The van der Waals surface area contributed by atoms with Gasteiger partial charge < -0.3 is 5.11 Å². The van der Waals surface area contributed by atoms with Crippen LogP contribution in [-0.4, -0.2) is 11.7 Å². The molecule has 0 radical (unpaired) electrons. The van der Waals surface area contributed by atoms with Crippen molar-refractivity contribution in [2.24, 2.45) is 34.5 Å². The number of aliphatic hydroxyl groups excluding tert-OH is 1. The monoisotopic (exact) mass is 294 g/mol. The molecule has 0 aromatic carbocycles. The van der Waals surface area contributed by atoms with Crippen LogP contribution in [-0.2, 0) is 0 Å². The van der Waals surface area contributed by atoms with Crippen LogP contribution in [0.5, 0.6) is 0 Å². The van der Waals surface area contributed by atoms with Gasteiger partial charge in [-0.3, -0.25) is 0 Å². The number of rotatable bonds is 6. The molecule has 0 amide bonds. The van der Waals surface area contributed by atoms with Gasteiger partial charge in [-0.2, -0.15) is 0 Å². The highest BCUT2D eigenvalue weighted by molar-refractivity contribution is 5.05. The van der Waals surface area contributed by atoms with Crippen molar-refractivity contribution in [2.75, 3.05) is 6.61 Å². The van der Waals surface area contributed by atoms with Crippen LogP contribution in [0.15, 0.2) is 0 Å². The second-order valence-corrected chi connectivity index (χ2v) is 9.21. The fourth-order valence-corrected chi connectivity index (χ4v) is 5.99. The zero-order valence-corrected chi connectivity index (χ0v) is 15.1. The van der Waals surface area contributed by atoms with Gasteiger partial charge in [0.15, 0.2) is 0 Å². The summed E-state index contributed by atoms with van der Waals surface area (Å²) in [5.41, 5.74) is 0.687. The number of fused-ring (bicyclic) bond motifs is 1. The molecule has 2 rings (SSSR count). The largest absolute Gasteiger partial charge is 0.396 e. The zero-order valence-electron chi connectivity index (χ0n) is 15.1. The van der Waals surface area contributed by atoms with Gasteiger partial charge in [-0.25, -0.2) is 0 Å². The first-order valence-electron chi connectivity index (χ1n) is 9.44.